The molecule has 0 aliphatic heterocycles. The van der Waals surface area contributed by atoms with E-state index in [9.17, 15) is 27.2 Å². The minimum absolute atomic E-state index is 0.0201. The molecule has 0 fully saturated rings. The quantitative estimate of drug-likeness (QED) is 0.351. The van der Waals surface area contributed by atoms with Crippen LogP contribution in [0.5, 0.6) is 5.75 Å². The molecule has 0 atom stereocenters. The Balaban J connectivity index is 1.61. The number of amides is 1. The lowest BCUT2D eigenvalue weighted by molar-refractivity contribution is -0.138. The van der Waals surface area contributed by atoms with Gasteiger partial charge in [-0.3, -0.25) is 9.78 Å². The zero-order chi connectivity index (χ0) is 26.0. The van der Waals surface area contributed by atoms with Gasteiger partial charge in [0.2, 0.25) is 0 Å². The number of hydrogen-bond donors (Lipinski definition) is 2. The van der Waals surface area contributed by atoms with Crippen LogP contribution >= 0.6 is 11.6 Å². The summed E-state index contributed by atoms with van der Waals surface area (Å²) in [5, 5.41) is 6.59. The molecule has 4 rings (SSSR count). The van der Waals surface area contributed by atoms with Crippen molar-refractivity contribution in [3.05, 3.63) is 98.7 Å². The first-order valence-corrected chi connectivity index (χ1v) is 10.7. The van der Waals surface area contributed by atoms with Crippen LogP contribution in [0.2, 0.25) is 5.02 Å². The molecule has 0 saturated carbocycles. The third-order valence-corrected chi connectivity index (χ3v) is 5.57. The summed E-state index contributed by atoms with van der Waals surface area (Å²) in [5.41, 5.74) is -1.53. The van der Waals surface area contributed by atoms with Crippen molar-refractivity contribution in [1.29, 1.82) is 0 Å². The highest BCUT2D eigenvalue weighted by Gasteiger charge is 2.33. The lowest BCUT2D eigenvalue weighted by atomic mass is 10.1. The van der Waals surface area contributed by atoms with Crippen molar-refractivity contribution in [1.82, 2.24) is 20.1 Å². The summed E-state index contributed by atoms with van der Waals surface area (Å²) >= 11 is 6.05. The van der Waals surface area contributed by atoms with E-state index in [0.717, 1.165) is 10.7 Å². The highest BCUT2D eigenvalue weighted by Crippen LogP contribution is 2.32. The second kappa shape index (κ2) is 9.86. The normalized spacial score (nSPS) is 11.4. The Labute approximate surface area is 206 Å². The van der Waals surface area contributed by atoms with Gasteiger partial charge in [-0.25, -0.2) is 9.18 Å². The molecule has 0 unspecified atom stereocenters. The molecule has 0 bridgehead atoms. The van der Waals surface area contributed by atoms with Gasteiger partial charge in [0.25, 0.3) is 5.91 Å². The van der Waals surface area contributed by atoms with Crippen LogP contribution in [-0.2, 0) is 12.7 Å². The minimum Gasteiger partial charge on any atom is -0.496 e. The van der Waals surface area contributed by atoms with Gasteiger partial charge in [-0.15, -0.1) is 5.10 Å². The summed E-state index contributed by atoms with van der Waals surface area (Å²) in [5.74, 6) is -1.44. The number of nitrogens with one attached hydrogen (secondary N) is 2. The first kappa shape index (κ1) is 25.0. The van der Waals surface area contributed by atoms with Crippen LogP contribution in [0.25, 0.3) is 17.1 Å². The van der Waals surface area contributed by atoms with Crippen molar-refractivity contribution < 1.29 is 27.1 Å². The number of hydrogen-bond acceptors (Lipinski definition) is 4. The van der Waals surface area contributed by atoms with Gasteiger partial charge in [0.05, 0.1) is 34.5 Å². The van der Waals surface area contributed by atoms with E-state index in [4.69, 9.17) is 16.3 Å². The van der Waals surface area contributed by atoms with Gasteiger partial charge in [0.15, 0.2) is 5.82 Å². The monoisotopic (exact) mass is 520 g/mol. The third-order valence-electron chi connectivity index (χ3n) is 5.25. The Bertz CT molecular complexity index is 1480. The minimum atomic E-state index is -4.57. The topological polar surface area (TPSA) is 89.0 Å². The molecule has 0 aliphatic rings. The molecule has 7 nitrogen and oxygen atoms in total. The van der Waals surface area contributed by atoms with Crippen LogP contribution in [-0.4, -0.2) is 27.8 Å². The number of nitrogens with zero attached hydrogens (tertiary/aromatic N) is 2. The van der Waals surface area contributed by atoms with E-state index in [-0.39, 0.29) is 45.5 Å². The summed E-state index contributed by atoms with van der Waals surface area (Å²) in [6.45, 7) is -0.370. The number of carbonyl (C=O) groups is 1. The van der Waals surface area contributed by atoms with Crippen molar-refractivity contribution in [2.75, 3.05) is 7.11 Å². The smallest absolute Gasteiger partial charge is 0.416 e. The van der Waals surface area contributed by atoms with Gasteiger partial charge in [-0.05, 0) is 35.9 Å². The average molecular weight is 521 g/mol. The third kappa shape index (κ3) is 4.96. The Morgan fingerprint density at radius 1 is 1.14 bits per heavy atom. The van der Waals surface area contributed by atoms with Crippen LogP contribution < -0.4 is 15.7 Å². The maximum absolute atomic E-state index is 14.2. The Morgan fingerprint density at radius 2 is 1.89 bits per heavy atom. The lowest BCUT2D eigenvalue weighted by Crippen LogP contribution is -2.25. The fraction of sp³-hybridized carbons (Fsp3) is 0.125. The molecule has 4 aromatic rings. The van der Waals surface area contributed by atoms with Gasteiger partial charge in [0.1, 0.15) is 11.6 Å². The van der Waals surface area contributed by atoms with Crippen molar-refractivity contribution in [3.63, 3.8) is 0 Å². The SMILES string of the molecule is COc1cc(-n2nc(-c3c(F)cccc3Cl)[nH]c2=O)ccc1C(=O)NCc1ccccc1C(F)(F)F. The van der Waals surface area contributed by atoms with Crippen molar-refractivity contribution >= 4 is 17.5 Å². The van der Waals surface area contributed by atoms with Gasteiger partial charge in [-0.1, -0.05) is 35.9 Å². The molecule has 2 N–H and O–H groups in total. The van der Waals surface area contributed by atoms with E-state index in [1.807, 2.05) is 0 Å². The zero-order valence-corrected chi connectivity index (χ0v) is 19.2. The molecular weight excluding hydrogens is 504 g/mol. The number of H-pyrrole nitrogens is 1. The number of rotatable bonds is 6. The number of aromatic nitrogens is 3. The van der Waals surface area contributed by atoms with Crippen LogP contribution in [0.4, 0.5) is 17.6 Å². The van der Waals surface area contributed by atoms with E-state index in [2.05, 4.69) is 15.4 Å². The van der Waals surface area contributed by atoms with Gasteiger partial charge >= 0.3 is 11.9 Å². The number of methoxy groups -OCH3 is 1. The Kier molecular flexibility index (Phi) is 6.84. The summed E-state index contributed by atoms with van der Waals surface area (Å²) in [4.78, 5) is 27.6. The van der Waals surface area contributed by atoms with Crippen molar-refractivity contribution in [3.8, 4) is 22.8 Å². The Morgan fingerprint density at radius 3 is 2.58 bits per heavy atom. The largest absolute Gasteiger partial charge is 0.496 e. The zero-order valence-electron chi connectivity index (χ0n) is 18.5. The molecule has 0 saturated heterocycles. The number of alkyl halides is 3. The van der Waals surface area contributed by atoms with Gasteiger partial charge < -0.3 is 10.1 Å². The Hall–Kier alpha value is -4.12. The lowest BCUT2D eigenvalue weighted by Gasteiger charge is -2.14. The molecule has 1 amide bonds. The molecule has 3 aromatic carbocycles. The van der Waals surface area contributed by atoms with E-state index in [1.54, 1.807) is 0 Å². The first-order chi connectivity index (χ1) is 17.1. The predicted octanol–water partition coefficient (Wildman–Crippen LogP) is 4.98. The maximum Gasteiger partial charge on any atom is 0.416 e. The number of halogens is 5. The molecule has 36 heavy (non-hydrogen) atoms. The fourth-order valence-electron chi connectivity index (χ4n) is 3.56. The number of aromatic amines is 1. The highest BCUT2D eigenvalue weighted by molar-refractivity contribution is 6.33. The summed E-state index contributed by atoms with van der Waals surface area (Å²) < 4.78 is 60.1. The molecule has 12 heteroatoms. The average Bonchev–Trinajstić information content (AvgIpc) is 3.22. The first-order valence-electron chi connectivity index (χ1n) is 10.4. The van der Waals surface area contributed by atoms with Gasteiger partial charge in [-0.2, -0.15) is 17.9 Å². The summed E-state index contributed by atoms with van der Waals surface area (Å²) in [6.07, 6.45) is -4.57. The molecule has 0 aliphatic carbocycles. The molecule has 186 valence electrons. The standard InChI is InChI=1S/C24H17ClF4N4O3/c1-36-19-11-14(33-23(35)31-21(32-33)20-17(25)7-4-8-18(20)26)9-10-15(19)22(34)30-12-13-5-2-3-6-16(13)24(27,28)29/h2-11H,12H2,1H3,(H,30,34)(H,31,32,35). The van der Waals surface area contributed by atoms with Crippen LogP contribution in [0.3, 0.4) is 0 Å². The summed E-state index contributed by atoms with van der Waals surface area (Å²) in [7, 11) is 1.28. The van der Waals surface area contributed by atoms with Crippen LogP contribution in [0.15, 0.2) is 65.5 Å². The van der Waals surface area contributed by atoms with Crippen LogP contribution in [0.1, 0.15) is 21.5 Å². The fourth-order valence-corrected chi connectivity index (χ4v) is 3.81. The maximum atomic E-state index is 14.2. The molecule has 1 heterocycles. The number of carbonyl (C=O) groups excluding carboxylic acids is 1. The molecule has 0 spiro atoms. The molecule has 1 aromatic heterocycles. The van der Waals surface area contributed by atoms with Crippen molar-refractivity contribution in [2.45, 2.75) is 12.7 Å². The van der Waals surface area contributed by atoms with Gasteiger partial charge in [0, 0.05) is 12.6 Å². The molecular formula is C24H17ClF4N4O3. The van der Waals surface area contributed by atoms with Crippen molar-refractivity contribution in [2.24, 2.45) is 0 Å². The van der Waals surface area contributed by atoms with Crippen LogP contribution in [0, 0.1) is 5.82 Å². The molecule has 0 radical (unpaired) electrons. The van der Waals surface area contributed by atoms with E-state index < -0.39 is 29.2 Å². The number of ether oxygens (including phenoxy) is 1. The predicted molar refractivity (Wildman–Crippen MR) is 124 cm³/mol. The van der Waals surface area contributed by atoms with E-state index >= 15 is 0 Å². The highest BCUT2D eigenvalue weighted by atomic mass is 35.5. The van der Waals surface area contributed by atoms with E-state index in [0.29, 0.717) is 0 Å². The van der Waals surface area contributed by atoms with E-state index in [1.165, 1.54) is 61.7 Å². The second-order valence-electron chi connectivity index (χ2n) is 7.51. The summed E-state index contributed by atoms with van der Waals surface area (Å²) in [6, 6.07) is 13.0. The number of benzene rings is 3. The second-order valence-corrected chi connectivity index (χ2v) is 7.92.